The van der Waals surface area contributed by atoms with Crippen LogP contribution in [0, 0.1) is 12.3 Å². The van der Waals surface area contributed by atoms with E-state index in [0.29, 0.717) is 19.6 Å². The SMILES string of the molecule is CCNC(=NCc1ccc(C)cc1OC)NCCNC(=O)C(C)(C)C.I. The molecule has 1 rings (SSSR count). The number of carbonyl (C=O) groups is 1. The zero-order valence-electron chi connectivity index (χ0n) is 16.7. The second kappa shape index (κ2) is 12.0. The van der Waals surface area contributed by atoms with Crippen molar-refractivity contribution in [1.29, 1.82) is 0 Å². The van der Waals surface area contributed by atoms with Crippen molar-refractivity contribution in [3.05, 3.63) is 29.3 Å². The Morgan fingerprint density at radius 2 is 1.81 bits per heavy atom. The minimum atomic E-state index is -0.374. The first kappa shape index (κ1) is 24.5. The van der Waals surface area contributed by atoms with E-state index >= 15 is 0 Å². The van der Waals surface area contributed by atoms with Crippen LogP contribution in [0.3, 0.4) is 0 Å². The molecule has 0 aliphatic carbocycles. The molecule has 0 heterocycles. The van der Waals surface area contributed by atoms with E-state index in [-0.39, 0.29) is 35.3 Å². The lowest BCUT2D eigenvalue weighted by atomic mass is 9.96. The maximum atomic E-state index is 11.8. The van der Waals surface area contributed by atoms with Crippen LogP contribution in [0.15, 0.2) is 23.2 Å². The lowest BCUT2D eigenvalue weighted by molar-refractivity contribution is -0.128. The summed E-state index contributed by atoms with van der Waals surface area (Å²) in [6, 6.07) is 6.09. The number of aliphatic imine (C=N–C) groups is 1. The van der Waals surface area contributed by atoms with E-state index in [2.05, 4.69) is 27.0 Å². The zero-order valence-corrected chi connectivity index (χ0v) is 19.1. The number of methoxy groups -OCH3 is 1. The number of rotatable bonds is 7. The maximum absolute atomic E-state index is 11.8. The Kier molecular flexibility index (Phi) is 11.3. The first-order chi connectivity index (χ1) is 11.8. The normalized spacial score (nSPS) is 11.4. The largest absolute Gasteiger partial charge is 0.496 e. The quantitative estimate of drug-likeness (QED) is 0.245. The van der Waals surface area contributed by atoms with Crippen LogP contribution in [-0.2, 0) is 11.3 Å². The summed E-state index contributed by atoms with van der Waals surface area (Å²) in [6.45, 7) is 12.2. The van der Waals surface area contributed by atoms with Crippen LogP contribution >= 0.6 is 24.0 Å². The lowest BCUT2D eigenvalue weighted by Gasteiger charge is -2.18. The van der Waals surface area contributed by atoms with E-state index in [9.17, 15) is 4.79 Å². The average molecular weight is 476 g/mol. The average Bonchev–Trinajstić information content (AvgIpc) is 2.55. The van der Waals surface area contributed by atoms with Crippen LogP contribution in [0.25, 0.3) is 0 Å². The number of nitrogens with zero attached hydrogens (tertiary/aromatic N) is 1. The van der Waals surface area contributed by atoms with Gasteiger partial charge in [0.05, 0.1) is 13.7 Å². The van der Waals surface area contributed by atoms with Gasteiger partial charge in [0.1, 0.15) is 5.75 Å². The highest BCUT2D eigenvalue weighted by molar-refractivity contribution is 14.0. The summed E-state index contributed by atoms with van der Waals surface area (Å²) in [5, 5.41) is 9.35. The number of aryl methyl sites for hydroxylation is 1. The molecule has 1 amide bonds. The van der Waals surface area contributed by atoms with E-state index in [4.69, 9.17) is 4.74 Å². The Bertz CT molecular complexity index is 598. The molecule has 0 aromatic heterocycles. The van der Waals surface area contributed by atoms with Gasteiger partial charge in [-0.15, -0.1) is 24.0 Å². The van der Waals surface area contributed by atoms with Gasteiger partial charge in [-0.05, 0) is 25.5 Å². The standard InChI is InChI=1S/C19H32N4O2.HI/c1-7-20-18(22-11-10-21-17(24)19(3,4)5)23-13-15-9-8-14(2)12-16(15)25-6;/h8-9,12H,7,10-11,13H2,1-6H3,(H,21,24)(H2,20,22,23);1H. The summed E-state index contributed by atoms with van der Waals surface area (Å²) in [6.07, 6.45) is 0. The van der Waals surface area contributed by atoms with Crippen LogP contribution in [0.5, 0.6) is 5.75 Å². The van der Waals surface area contributed by atoms with Gasteiger partial charge in [0.2, 0.25) is 5.91 Å². The van der Waals surface area contributed by atoms with E-state index < -0.39 is 0 Å². The highest BCUT2D eigenvalue weighted by Gasteiger charge is 2.20. The number of carbonyl (C=O) groups excluding carboxylic acids is 1. The Balaban J connectivity index is 0.00000625. The predicted molar refractivity (Wildman–Crippen MR) is 118 cm³/mol. The lowest BCUT2D eigenvalue weighted by Crippen LogP contribution is -2.43. The molecule has 0 aliphatic rings. The topological polar surface area (TPSA) is 74.8 Å². The van der Waals surface area contributed by atoms with Gasteiger partial charge in [0, 0.05) is 30.6 Å². The van der Waals surface area contributed by atoms with E-state index in [1.165, 1.54) is 0 Å². The minimum Gasteiger partial charge on any atom is -0.496 e. The van der Waals surface area contributed by atoms with E-state index in [0.717, 1.165) is 29.4 Å². The molecule has 0 spiro atoms. The van der Waals surface area contributed by atoms with Gasteiger partial charge >= 0.3 is 0 Å². The van der Waals surface area contributed by atoms with E-state index in [1.807, 2.05) is 46.8 Å². The van der Waals surface area contributed by atoms with Gasteiger partial charge < -0.3 is 20.7 Å². The highest BCUT2D eigenvalue weighted by Crippen LogP contribution is 2.20. The predicted octanol–water partition coefficient (Wildman–Crippen LogP) is 2.84. The smallest absolute Gasteiger partial charge is 0.225 e. The van der Waals surface area contributed by atoms with Gasteiger partial charge in [-0.1, -0.05) is 32.9 Å². The van der Waals surface area contributed by atoms with Crippen LogP contribution in [0.4, 0.5) is 0 Å². The molecular formula is C19H33IN4O2. The summed E-state index contributed by atoms with van der Waals surface area (Å²) >= 11 is 0. The van der Waals surface area contributed by atoms with Gasteiger partial charge in [0.15, 0.2) is 5.96 Å². The van der Waals surface area contributed by atoms with Crippen molar-refractivity contribution in [3.63, 3.8) is 0 Å². The molecule has 26 heavy (non-hydrogen) atoms. The van der Waals surface area contributed by atoms with Gasteiger partial charge in [-0.25, -0.2) is 4.99 Å². The molecule has 0 bridgehead atoms. The Morgan fingerprint density at radius 3 is 2.38 bits per heavy atom. The van der Waals surface area contributed by atoms with Crippen LogP contribution < -0.4 is 20.7 Å². The second-order valence-electron chi connectivity index (χ2n) is 6.94. The van der Waals surface area contributed by atoms with Crippen molar-refractivity contribution in [2.24, 2.45) is 10.4 Å². The van der Waals surface area contributed by atoms with Gasteiger partial charge in [0.25, 0.3) is 0 Å². The summed E-state index contributed by atoms with van der Waals surface area (Å²) in [4.78, 5) is 16.4. The first-order valence-electron chi connectivity index (χ1n) is 8.72. The molecule has 0 unspecified atom stereocenters. The third-order valence-electron chi connectivity index (χ3n) is 3.58. The molecule has 0 saturated carbocycles. The van der Waals surface area contributed by atoms with Crippen molar-refractivity contribution < 1.29 is 9.53 Å². The second-order valence-corrected chi connectivity index (χ2v) is 6.94. The molecule has 0 atom stereocenters. The Labute approximate surface area is 174 Å². The zero-order chi connectivity index (χ0) is 18.9. The number of benzene rings is 1. The number of halogens is 1. The Hall–Kier alpha value is -1.51. The van der Waals surface area contributed by atoms with Gasteiger partial charge in [-0.3, -0.25) is 4.79 Å². The minimum absolute atomic E-state index is 0. The molecule has 1 aromatic carbocycles. The molecule has 7 heteroatoms. The number of amides is 1. The monoisotopic (exact) mass is 476 g/mol. The number of nitrogens with one attached hydrogen (secondary N) is 3. The van der Waals surface area contributed by atoms with Crippen molar-refractivity contribution in [3.8, 4) is 5.75 Å². The third kappa shape index (κ3) is 8.73. The van der Waals surface area contributed by atoms with E-state index in [1.54, 1.807) is 7.11 Å². The molecule has 0 fully saturated rings. The van der Waals surface area contributed by atoms with Crippen molar-refractivity contribution in [2.75, 3.05) is 26.7 Å². The molecule has 1 aromatic rings. The fourth-order valence-electron chi connectivity index (χ4n) is 2.11. The number of guanidine groups is 1. The molecular weight excluding hydrogens is 443 g/mol. The number of hydrogen-bond acceptors (Lipinski definition) is 3. The van der Waals surface area contributed by atoms with Crippen molar-refractivity contribution in [2.45, 2.75) is 41.2 Å². The third-order valence-corrected chi connectivity index (χ3v) is 3.58. The first-order valence-corrected chi connectivity index (χ1v) is 8.72. The highest BCUT2D eigenvalue weighted by atomic mass is 127. The summed E-state index contributed by atoms with van der Waals surface area (Å²) < 4.78 is 5.42. The van der Waals surface area contributed by atoms with Crippen molar-refractivity contribution in [1.82, 2.24) is 16.0 Å². The van der Waals surface area contributed by atoms with Crippen molar-refractivity contribution >= 4 is 35.8 Å². The fourth-order valence-corrected chi connectivity index (χ4v) is 2.11. The molecule has 0 aliphatic heterocycles. The molecule has 148 valence electrons. The Morgan fingerprint density at radius 1 is 1.15 bits per heavy atom. The van der Waals surface area contributed by atoms with Crippen LogP contribution in [0.2, 0.25) is 0 Å². The molecule has 3 N–H and O–H groups in total. The summed E-state index contributed by atoms with van der Waals surface area (Å²) in [5.41, 5.74) is 1.82. The summed E-state index contributed by atoms with van der Waals surface area (Å²) in [5.74, 6) is 1.60. The number of ether oxygens (including phenoxy) is 1. The summed E-state index contributed by atoms with van der Waals surface area (Å²) in [7, 11) is 1.67. The molecule has 0 radical (unpaired) electrons. The van der Waals surface area contributed by atoms with Crippen LogP contribution in [-0.4, -0.2) is 38.6 Å². The van der Waals surface area contributed by atoms with Crippen LogP contribution in [0.1, 0.15) is 38.8 Å². The molecule has 6 nitrogen and oxygen atoms in total. The maximum Gasteiger partial charge on any atom is 0.225 e. The van der Waals surface area contributed by atoms with Gasteiger partial charge in [-0.2, -0.15) is 0 Å². The molecule has 0 saturated heterocycles. The fraction of sp³-hybridized carbons (Fsp3) is 0.579. The number of hydrogen-bond donors (Lipinski definition) is 3.